The summed E-state index contributed by atoms with van der Waals surface area (Å²) in [4.78, 5) is 25.4. The van der Waals surface area contributed by atoms with Gasteiger partial charge in [0.15, 0.2) is 5.75 Å². The van der Waals surface area contributed by atoms with Crippen molar-refractivity contribution in [2.75, 3.05) is 17.8 Å². The number of anilines is 1. The van der Waals surface area contributed by atoms with Crippen LogP contribution in [0.3, 0.4) is 0 Å². The number of piperidine rings is 1. The largest absolute Gasteiger partial charge is 0.481 e. The number of rotatable bonds is 7. The topological polar surface area (TPSA) is 113 Å². The molecule has 1 amide bonds. The van der Waals surface area contributed by atoms with Gasteiger partial charge in [0.1, 0.15) is 5.75 Å². The summed E-state index contributed by atoms with van der Waals surface area (Å²) in [5.41, 5.74) is 0.522. The Hall–Kier alpha value is -3.27. The summed E-state index contributed by atoms with van der Waals surface area (Å²) in [5.74, 6) is -1.03. The van der Waals surface area contributed by atoms with Gasteiger partial charge in [-0.25, -0.2) is 8.42 Å². The Morgan fingerprint density at radius 1 is 0.944 bits per heavy atom. The number of carbonyl (C=O) groups excluding carboxylic acids is 1. The van der Waals surface area contributed by atoms with Crippen LogP contribution in [0.15, 0.2) is 71.6 Å². The van der Waals surface area contributed by atoms with Crippen molar-refractivity contribution >= 4 is 50.8 Å². The highest BCUT2D eigenvalue weighted by molar-refractivity contribution is 7.92. The quantitative estimate of drug-likeness (QED) is 0.401. The summed E-state index contributed by atoms with van der Waals surface area (Å²) in [7, 11) is -4.00. The maximum atomic E-state index is 13.0. The van der Waals surface area contributed by atoms with Crippen molar-refractivity contribution in [1.82, 2.24) is 4.90 Å². The van der Waals surface area contributed by atoms with Crippen molar-refractivity contribution in [3.05, 3.63) is 82.3 Å². The Bertz CT molecular complexity index is 1390. The summed E-state index contributed by atoms with van der Waals surface area (Å²) >= 11 is 12.1. The molecule has 188 valence electrons. The summed E-state index contributed by atoms with van der Waals surface area (Å²) < 4.78 is 34.4. The lowest BCUT2D eigenvalue weighted by Gasteiger charge is -2.30. The molecule has 8 nitrogen and oxygen atoms in total. The Labute approximate surface area is 218 Å². The molecule has 1 aliphatic rings. The van der Waals surface area contributed by atoms with Crippen LogP contribution in [-0.2, 0) is 14.8 Å². The summed E-state index contributed by atoms with van der Waals surface area (Å²) in [6, 6.07) is 16.8. The third-order valence-corrected chi connectivity index (χ3v) is 7.70. The Morgan fingerprint density at radius 2 is 1.61 bits per heavy atom. The maximum absolute atomic E-state index is 13.0. The zero-order valence-electron chi connectivity index (χ0n) is 18.9. The number of sulfonamides is 1. The lowest BCUT2D eigenvalue weighted by molar-refractivity contribution is -0.143. The van der Waals surface area contributed by atoms with Gasteiger partial charge < -0.3 is 14.7 Å². The number of benzene rings is 3. The highest BCUT2D eigenvalue weighted by atomic mass is 35.5. The van der Waals surface area contributed by atoms with Crippen molar-refractivity contribution in [1.29, 1.82) is 0 Å². The molecular formula is C25H22Cl2N2O6S. The van der Waals surface area contributed by atoms with E-state index in [4.69, 9.17) is 33.0 Å². The van der Waals surface area contributed by atoms with Gasteiger partial charge in [0.2, 0.25) is 0 Å². The smallest absolute Gasteiger partial charge is 0.306 e. The third kappa shape index (κ3) is 5.92. The van der Waals surface area contributed by atoms with Crippen molar-refractivity contribution in [3.8, 4) is 11.5 Å². The van der Waals surface area contributed by atoms with Crippen LogP contribution in [0, 0.1) is 5.92 Å². The summed E-state index contributed by atoms with van der Waals surface area (Å²) in [6.07, 6.45) is 0.778. The van der Waals surface area contributed by atoms with Gasteiger partial charge in [0.25, 0.3) is 15.9 Å². The second-order valence-corrected chi connectivity index (χ2v) is 10.7. The zero-order chi connectivity index (χ0) is 25.9. The number of para-hydroxylation sites is 2. The predicted octanol–water partition coefficient (Wildman–Crippen LogP) is 5.52. The number of ether oxygens (including phenoxy) is 1. The Morgan fingerprint density at radius 3 is 2.25 bits per heavy atom. The molecule has 3 aromatic rings. The number of amides is 1. The first-order valence-corrected chi connectivity index (χ1v) is 13.2. The van der Waals surface area contributed by atoms with Crippen LogP contribution in [-0.4, -0.2) is 43.4 Å². The first-order valence-electron chi connectivity index (χ1n) is 11.0. The van der Waals surface area contributed by atoms with Crippen LogP contribution >= 0.6 is 23.2 Å². The van der Waals surface area contributed by atoms with E-state index in [2.05, 4.69) is 4.72 Å². The van der Waals surface area contributed by atoms with E-state index in [0.29, 0.717) is 42.3 Å². The first kappa shape index (κ1) is 25.8. The predicted molar refractivity (Wildman–Crippen MR) is 136 cm³/mol. The molecular weight excluding hydrogens is 527 g/mol. The molecule has 1 heterocycles. The number of carboxylic acid groups (broad SMARTS) is 1. The standard InChI is InChI=1S/C25H22Cl2N2O6S/c26-18-7-10-22(20(27)15-18)35-23-4-2-1-3-21(23)28-36(33,34)19-8-5-16(6-9-19)24(30)29-13-11-17(12-14-29)25(31)32/h1-10,15,17,28H,11-14H2,(H,31,32). The average Bonchev–Trinajstić information content (AvgIpc) is 2.86. The molecule has 1 fully saturated rings. The van der Waals surface area contributed by atoms with E-state index >= 15 is 0 Å². The number of hydrogen-bond donors (Lipinski definition) is 2. The van der Waals surface area contributed by atoms with Crippen molar-refractivity contribution in [2.45, 2.75) is 17.7 Å². The van der Waals surface area contributed by atoms with Crippen LogP contribution in [0.1, 0.15) is 23.2 Å². The fourth-order valence-electron chi connectivity index (χ4n) is 3.81. The van der Waals surface area contributed by atoms with Crippen molar-refractivity contribution in [2.24, 2.45) is 5.92 Å². The van der Waals surface area contributed by atoms with Crippen molar-refractivity contribution in [3.63, 3.8) is 0 Å². The molecule has 1 aliphatic heterocycles. The fraction of sp³-hybridized carbons (Fsp3) is 0.200. The van der Waals surface area contributed by atoms with Gasteiger partial charge in [-0.15, -0.1) is 0 Å². The molecule has 0 atom stereocenters. The van der Waals surface area contributed by atoms with Crippen molar-refractivity contribution < 1.29 is 27.9 Å². The molecule has 1 saturated heterocycles. The van der Waals surface area contributed by atoms with E-state index in [9.17, 15) is 18.0 Å². The SMILES string of the molecule is O=C(O)C1CCN(C(=O)c2ccc(S(=O)(=O)Nc3ccccc3Oc3ccc(Cl)cc3Cl)cc2)CC1. The van der Waals surface area contributed by atoms with Gasteiger partial charge in [-0.1, -0.05) is 35.3 Å². The summed E-state index contributed by atoms with van der Waals surface area (Å²) in [5, 5.41) is 9.83. The minimum Gasteiger partial charge on any atom is -0.481 e. The highest BCUT2D eigenvalue weighted by Gasteiger charge is 2.28. The van der Waals surface area contributed by atoms with Crippen LogP contribution < -0.4 is 9.46 Å². The Kier molecular flexibility index (Phi) is 7.73. The molecule has 0 spiro atoms. The summed E-state index contributed by atoms with van der Waals surface area (Å²) in [6.45, 7) is 0.678. The van der Waals surface area contributed by atoms with E-state index in [1.165, 1.54) is 30.3 Å². The minimum atomic E-state index is -4.00. The third-order valence-electron chi connectivity index (χ3n) is 5.79. The van der Waals surface area contributed by atoms with Gasteiger partial charge in [-0.3, -0.25) is 14.3 Å². The number of hydrogen-bond acceptors (Lipinski definition) is 5. The van der Waals surface area contributed by atoms with E-state index in [-0.39, 0.29) is 27.3 Å². The van der Waals surface area contributed by atoms with E-state index in [1.807, 2.05) is 0 Å². The Balaban J connectivity index is 1.47. The van der Waals surface area contributed by atoms with Crippen LogP contribution in [0.25, 0.3) is 0 Å². The highest BCUT2D eigenvalue weighted by Crippen LogP contribution is 2.35. The van der Waals surface area contributed by atoms with E-state index < -0.39 is 21.9 Å². The minimum absolute atomic E-state index is 0.0389. The molecule has 2 N–H and O–H groups in total. The lowest BCUT2D eigenvalue weighted by atomic mass is 9.96. The molecule has 0 saturated carbocycles. The van der Waals surface area contributed by atoms with Gasteiger partial charge >= 0.3 is 5.97 Å². The molecule has 0 aliphatic carbocycles. The lowest BCUT2D eigenvalue weighted by Crippen LogP contribution is -2.40. The van der Waals surface area contributed by atoms with Crippen LogP contribution in [0.5, 0.6) is 11.5 Å². The number of carbonyl (C=O) groups is 2. The number of nitrogens with one attached hydrogen (secondary N) is 1. The molecule has 4 rings (SSSR count). The number of carboxylic acids is 1. The second kappa shape index (κ2) is 10.8. The molecule has 36 heavy (non-hydrogen) atoms. The van der Waals surface area contributed by atoms with E-state index in [1.54, 1.807) is 41.3 Å². The zero-order valence-corrected chi connectivity index (χ0v) is 21.2. The number of halogens is 2. The first-order chi connectivity index (χ1) is 17.1. The normalized spacial score (nSPS) is 14.3. The van der Waals surface area contributed by atoms with Crippen LogP contribution in [0.4, 0.5) is 5.69 Å². The molecule has 11 heteroatoms. The molecule has 0 aromatic heterocycles. The van der Waals surface area contributed by atoms with Gasteiger partial charge in [-0.05, 0) is 67.4 Å². The van der Waals surface area contributed by atoms with E-state index in [0.717, 1.165) is 0 Å². The number of likely N-dealkylation sites (tertiary alicyclic amines) is 1. The van der Waals surface area contributed by atoms with Gasteiger partial charge in [0, 0.05) is 23.7 Å². The number of nitrogens with zero attached hydrogens (tertiary/aromatic N) is 1. The van der Waals surface area contributed by atoms with Gasteiger partial charge in [0.05, 0.1) is 21.5 Å². The molecule has 0 bridgehead atoms. The molecule has 0 unspecified atom stereocenters. The average molecular weight is 549 g/mol. The monoisotopic (exact) mass is 548 g/mol. The van der Waals surface area contributed by atoms with Crippen LogP contribution in [0.2, 0.25) is 10.0 Å². The number of aliphatic carboxylic acids is 1. The fourth-order valence-corrected chi connectivity index (χ4v) is 5.33. The second-order valence-electron chi connectivity index (χ2n) is 8.21. The van der Waals surface area contributed by atoms with Gasteiger partial charge in [-0.2, -0.15) is 0 Å². The molecule has 0 radical (unpaired) electrons. The maximum Gasteiger partial charge on any atom is 0.306 e. The molecule has 3 aromatic carbocycles.